The highest BCUT2D eigenvalue weighted by Crippen LogP contribution is 1.81. The third-order valence-electron chi connectivity index (χ3n) is 1.12. The SMILES string of the molecule is C=C(C)C(=O)O.COC(=O)/C=C\C(=O)OC. The molecule has 0 aromatic rings. The van der Waals surface area contributed by atoms with Crippen LogP contribution in [0.5, 0.6) is 0 Å². The highest BCUT2D eigenvalue weighted by Gasteiger charge is 1.94. The zero-order valence-corrected chi connectivity index (χ0v) is 9.35. The average molecular weight is 230 g/mol. The Labute approximate surface area is 93.2 Å². The minimum absolute atomic E-state index is 0.176. The van der Waals surface area contributed by atoms with Crippen LogP contribution < -0.4 is 0 Å². The fourth-order valence-electron chi connectivity index (χ4n) is 0.272. The summed E-state index contributed by atoms with van der Waals surface area (Å²) < 4.78 is 8.42. The number of carboxylic acid groups (broad SMARTS) is 1. The molecule has 0 amide bonds. The Hall–Kier alpha value is -2.11. The van der Waals surface area contributed by atoms with Gasteiger partial charge in [0.15, 0.2) is 0 Å². The Morgan fingerprint density at radius 3 is 1.44 bits per heavy atom. The van der Waals surface area contributed by atoms with Crippen molar-refractivity contribution in [1.29, 1.82) is 0 Å². The highest BCUT2D eigenvalue weighted by atomic mass is 16.5. The molecule has 0 aromatic heterocycles. The van der Waals surface area contributed by atoms with E-state index in [1.807, 2.05) is 0 Å². The average Bonchev–Trinajstić information content (AvgIpc) is 2.25. The van der Waals surface area contributed by atoms with Crippen LogP contribution in [0, 0.1) is 0 Å². The zero-order chi connectivity index (χ0) is 13.1. The first-order chi connectivity index (χ1) is 7.34. The number of esters is 2. The molecule has 1 N–H and O–H groups in total. The zero-order valence-electron chi connectivity index (χ0n) is 9.35. The van der Waals surface area contributed by atoms with Crippen molar-refractivity contribution in [3.63, 3.8) is 0 Å². The molecule has 0 bridgehead atoms. The van der Waals surface area contributed by atoms with Crippen LogP contribution in [0.4, 0.5) is 0 Å². The van der Waals surface area contributed by atoms with Crippen LogP contribution in [0.2, 0.25) is 0 Å². The standard InChI is InChI=1S/C6H8O4.C4H6O2/c1-9-5(7)3-4-6(8)10-2;1-3(2)4(5)6/h3-4H,1-2H3;1H2,2H3,(H,5,6)/b4-3-;. The molecule has 0 saturated heterocycles. The van der Waals surface area contributed by atoms with Gasteiger partial charge < -0.3 is 14.6 Å². The van der Waals surface area contributed by atoms with Gasteiger partial charge in [0.2, 0.25) is 0 Å². The summed E-state index contributed by atoms with van der Waals surface area (Å²) >= 11 is 0. The van der Waals surface area contributed by atoms with E-state index in [1.165, 1.54) is 21.1 Å². The number of carbonyl (C=O) groups is 3. The van der Waals surface area contributed by atoms with Crippen molar-refractivity contribution in [2.75, 3.05) is 14.2 Å². The van der Waals surface area contributed by atoms with E-state index in [1.54, 1.807) is 0 Å². The largest absolute Gasteiger partial charge is 0.478 e. The lowest BCUT2D eigenvalue weighted by Crippen LogP contribution is -1.98. The molecule has 0 atom stereocenters. The maximum atomic E-state index is 10.3. The molecule has 0 radical (unpaired) electrons. The van der Waals surface area contributed by atoms with Gasteiger partial charge in [-0.05, 0) is 6.92 Å². The van der Waals surface area contributed by atoms with Gasteiger partial charge in [0, 0.05) is 17.7 Å². The molecular formula is C10H14O6. The number of carboxylic acids is 1. The van der Waals surface area contributed by atoms with Gasteiger partial charge in [0.05, 0.1) is 14.2 Å². The number of ether oxygens (including phenoxy) is 2. The van der Waals surface area contributed by atoms with Crippen molar-refractivity contribution in [3.05, 3.63) is 24.3 Å². The fraction of sp³-hybridized carbons (Fsp3) is 0.300. The van der Waals surface area contributed by atoms with Gasteiger partial charge in [0.25, 0.3) is 0 Å². The first-order valence-corrected chi connectivity index (χ1v) is 4.07. The Morgan fingerprint density at radius 1 is 1.06 bits per heavy atom. The summed E-state index contributed by atoms with van der Waals surface area (Å²) in [5, 5.41) is 7.89. The second-order valence-corrected chi connectivity index (χ2v) is 2.47. The smallest absolute Gasteiger partial charge is 0.330 e. The van der Waals surface area contributed by atoms with Crippen LogP contribution in [0.25, 0.3) is 0 Å². The summed E-state index contributed by atoms with van der Waals surface area (Å²) in [4.78, 5) is 30.2. The minimum atomic E-state index is -0.935. The van der Waals surface area contributed by atoms with Gasteiger partial charge in [-0.3, -0.25) is 0 Å². The summed E-state index contributed by atoms with van der Waals surface area (Å²) in [5.74, 6) is -2.09. The van der Waals surface area contributed by atoms with Crippen molar-refractivity contribution >= 4 is 17.9 Å². The van der Waals surface area contributed by atoms with Crippen molar-refractivity contribution in [1.82, 2.24) is 0 Å². The molecule has 0 aliphatic rings. The molecule has 0 aliphatic heterocycles. The van der Waals surface area contributed by atoms with Gasteiger partial charge in [-0.15, -0.1) is 0 Å². The molecule has 0 spiro atoms. The molecule has 0 fully saturated rings. The van der Waals surface area contributed by atoms with Crippen LogP contribution in [0.15, 0.2) is 24.3 Å². The Balaban J connectivity index is 0. The lowest BCUT2D eigenvalue weighted by molar-refractivity contribution is -0.137. The third-order valence-corrected chi connectivity index (χ3v) is 1.12. The number of carbonyl (C=O) groups excluding carboxylic acids is 2. The van der Waals surface area contributed by atoms with Crippen molar-refractivity contribution in [2.24, 2.45) is 0 Å². The molecule has 0 rings (SSSR count). The number of hydrogen-bond acceptors (Lipinski definition) is 5. The van der Waals surface area contributed by atoms with Gasteiger partial charge in [0.1, 0.15) is 0 Å². The Bertz CT molecular complexity index is 272. The van der Waals surface area contributed by atoms with Crippen LogP contribution in [0.1, 0.15) is 6.92 Å². The van der Waals surface area contributed by atoms with E-state index in [2.05, 4.69) is 16.1 Å². The predicted octanol–water partition coefficient (Wildman–Crippen LogP) is 0.536. The lowest BCUT2D eigenvalue weighted by atomic mass is 10.4. The first-order valence-electron chi connectivity index (χ1n) is 4.07. The molecule has 0 heterocycles. The van der Waals surface area contributed by atoms with Gasteiger partial charge >= 0.3 is 17.9 Å². The summed E-state index contributed by atoms with van der Waals surface area (Å²) in [6, 6.07) is 0. The van der Waals surface area contributed by atoms with Crippen LogP contribution >= 0.6 is 0 Å². The molecule has 0 aliphatic carbocycles. The van der Waals surface area contributed by atoms with Crippen LogP contribution in [-0.2, 0) is 23.9 Å². The first kappa shape index (κ1) is 16.3. The summed E-state index contributed by atoms with van der Waals surface area (Å²) in [7, 11) is 2.45. The quantitative estimate of drug-likeness (QED) is 0.562. The summed E-state index contributed by atoms with van der Waals surface area (Å²) in [6.45, 7) is 4.60. The normalized spacial score (nSPS) is 8.69. The van der Waals surface area contributed by atoms with Crippen molar-refractivity contribution in [2.45, 2.75) is 6.92 Å². The lowest BCUT2D eigenvalue weighted by Gasteiger charge is -1.89. The third kappa shape index (κ3) is 11.9. The summed E-state index contributed by atoms with van der Waals surface area (Å²) in [6.07, 6.45) is 1.98. The molecule has 6 heteroatoms. The van der Waals surface area contributed by atoms with Gasteiger partial charge in [-0.25, -0.2) is 14.4 Å². The van der Waals surface area contributed by atoms with Crippen molar-refractivity contribution < 1.29 is 29.0 Å². The second kappa shape index (κ2) is 9.45. The van der Waals surface area contributed by atoms with Gasteiger partial charge in [-0.1, -0.05) is 6.58 Å². The molecule has 0 unspecified atom stereocenters. The van der Waals surface area contributed by atoms with E-state index in [0.29, 0.717) is 0 Å². The topological polar surface area (TPSA) is 89.9 Å². The highest BCUT2D eigenvalue weighted by molar-refractivity contribution is 5.91. The molecular weight excluding hydrogens is 216 g/mol. The fourth-order valence-corrected chi connectivity index (χ4v) is 0.272. The van der Waals surface area contributed by atoms with E-state index < -0.39 is 17.9 Å². The van der Waals surface area contributed by atoms with E-state index in [0.717, 1.165) is 12.2 Å². The summed E-state index contributed by atoms with van der Waals surface area (Å²) in [5.41, 5.74) is 0.176. The number of rotatable bonds is 3. The number of methoxy groups -OCH3 is 2. The van der Waals surface area contributed by atoms with E-state index in [4.69, 9.17) is 5.11 Å². The molecule has 0 aromatic carbocycles. The van der Waals surface area contributed by atoms with E-state index in [-0.39, 0.29) is 5.57 Å². The van der Waals surface area contributed by atoms with Crippen LogP contribution in [0.3, 0.4) is 0 Å². The monoisotopic (exact) mass is 230 g/mol. The Morgan fingerprint density at radius 2 is 1.31 bits per heavy atom. The predicted molar refractivity (Wildman–Crippen MR) is 55.6 cm³/mol. The van der Waals surface area contributed by atoms with E-state index in [9.17, 15) is 14.4 Å². The number of aliphatic carboxylic acids is 1. The van der Waals surface area contributed by atoms with E-state index >= 15 is 0 Å². The minimum Gasteiger partial charge on any atom is -0.478 e. The second-order valence-electron chi connectivity index (χ2n) is 2.47. The number of hydrogen-bond donors (Lipinski definition) is 1. The molecule has 6 nitrogen and oxygen atoms in total. The van der Waals surface area contributed by atoms with Crippen LogP contribution in [-0.4, -0.2) is 37.2 Å². The van der Waals surface area contributed by atoms with Gasteiger partial charge in [-0.2, -0.15) is 0 Å². The Kier molecular flexibility index (Phi) is 9.64. The molecule has 90 valence electrons. The maximum Gasteiger partial charge on any atom is 0.330 e. The maximum absolute atomic E-state index is 10.3. The molecule has 16 heavy (non-hydrogen) atoms. The van der Waals surface area contributed by atoms with Crippen molar-refractivity contribution in [3.8, 4) is 0 Å². The molecule has 0 saturated carbocycles.